The third-order valence-electron chi connectivity index (χ3n) is 3.88. The largest absolute Gasteiger partial charge is 0.312 e. The number of rotatable bonds is 6. The SMILES string of the molecule is CCC(C)S(=O)CC(NC)c1ccc2ccccc2c1. The van der Waals surface area contributed by atoms with Crippen molar-refractivity contribution in [3.05, 3.63) is 48.0 Å². The van der Waals surface area contributed by atoms with Crippen LogP contribution in [-0.2, 0) is 10.8 Å². The van der Waals surface area contributed by atoms with E-state index in [-0.39, 0.29) is 11.3 Å². The van der Waals surface area contributed by atoms with Gasteiger partial charge in [0.25, 0.3) is 0 Å². The van der Waals surface area contributed by atoms with E-state index in [1.165, 1.54) is 16.3 Å². The van der Waals surface area contributed by atoms with Gasteiger partial charge in [0.2, 0.25) is 0 Å². The molecule has 0 saturated heterocycles. The van der Waals surface area contributed by atoms with E-state index in [0.717, 1.165) is 6.42 Å². The lowest BCUT2D eigenvalue weighted by Crippen LogP contribution is -2.26. The smallest absolute Gasteiger partial charge is 0.0434 e. The first-order valence-corrected chi connectivity index (χ1v) is 8.57. The highest BCUT2D eigenvalue weighted by Crippen LogP contribution is 2.21. The van der Waals surface area contributed by atoms with E-state index < -0.39 is 10.8 Å². The summed E-state index contributed by atoms with van der Waals surface area (Å²) in [6, 6.07) is 15.0. The van der Waals surface area contributed by atoms with Crippen LogP contribution in [-0.4, -0.2) is 22.3 Å². The van der Waals surface area contributed by atoms with E-state index in [0.29, 0.717) is 5.75 Å². The summed E-state index contributed by atoms with van der Waals surface area (Å²) in [6.07, 6.45) is 0.959. The number of hydrogen-bond acceptors (Lipinski definition) is 2. The Morgan fingerprint density at radius 2 is 1.85 bits per heavy atom. The summed E-state index contributed by atoms with van der Waals surface area (Å²) in [7, 11) is 1.15. The Labute approximate surface area is 124 Å². The molecule has 0 aromatic heterocycles. The van der Waals surface area contributed by atoms with Crippen LogP contribution in [0.25, 0.3) is 10.8 Å². The van der Waals surface area contributed by atoms with Crippen LogP contribution in [0.2, 0.25) is 0 Å². The van der Waals surface area contributed by atoms with Crippen LogP contribution in [0.3, 0.4) is 0 Å². The standard InChI is InChI=1S/C17H23NOS/c1-4-13(2)20(19)12-17(18-3)16-10-9-14-7-5-6-8-15(14)11-16/h5-11,13,17-18H,4,12H2,1-3H3. The Balaban J connectivity index is 2.23. The van der Waals surface area contributed by atoms with Crippen LogP contribution in [0.15, 0.2) is 42.5 Å². The summed E-state index contributed by atoms with van der Waals surface area (Å²) in [5.74, 6) is 0.670. The van der Waals surface area contributed by atoms with E-state index >= 15 is 0 Å². The Kier molecular flexibility index (Phi) is 5.32. The van der Waals surface area contributed by atoms with Gasteiger partial charge in [-0.25, -0.2) is 0 Å². The summed E-state index contributed by atoms with van der Waals surface area (Å²) >= 11 is 0. The maximum atomic E-state index is 12.3. The van der Waals surface area contributed by atoms with Crippen LogP contribution < -0.4 is 5.32 Å². The van der Waals surface area contributed by atoms with Crippen molar-refractivity contribution >= 4 is 21.6 Å². The van der Waals surface area contributed by atoms with Gasteiger partial charge in [-0.05, 0) is 35.9 Å². The zero-order chi connectivity index (χ0) is 14.5. The van der Waals surface area contributed by atoms with E-state index in [2.05, 4.69) is 61.6 Å². The van der Waals surface area contributed by atoms with Crippen LogP contribution in [0.5, 0.6) is 0 Å². The van der Waals surface area contributed by atoms with Gasteiger partial charge in [0, 0.05) is 27.8 Å². The van der Waals surface area contributed by atoms with Crippen molar-refractivity contribution in [1.82, 2.24) is 5.32 Å². The lowest BCUT2D eigenvalue weighted by atomic mass is 10.0. The summed E-state index contributed by atoms with van der Waals surface area (Å²) in [5.41, 5.74) is 1.21. The minimum Gasteiger partial charge on any atom is -0.312 e. The molecule has 3 unspecified atom stereocenters. The molecular formula is C17H23NOS. The van der Waals surface area contributed by atoms with E-state index in [4.69, 9.17) is 0 Å². The Bertz CT molecular complexity index is 596. The Morgan fingerprint density at radius 3 is 2.50 bits per heavy atom. The van der Waals surface area contributed by atoms with Crippen molar-refractivity contribution in [3.63, 3.8) is 0 Å². The molecule has 0 saturated carbocycles. The molecule has 0 spiro atoms. The Hall–Kier alpha value is -1.19. The fourth-order valence-corrected chi connectivity index (χ4v) is 3.67. The maximum Gasteiger partial charge on any atom is 0.0434 e. The van der Waals surface area contributed by atoms with Crippen LogP contribution >= 0.6 is 0 Å². The number of nitrogens with one attached hydrogen (secondary N) is 1. The first kappa shape index (κ1) is 15.2. The molecule has 0 fully saturated rings. The zero-order valence-electron chi connectivity index (χ0n) is 12.4. The van der Waals surface area contributed by atoms with Gasteiger partial charge < -0.3 is 5.32 Å². The second-order valence-electron chi connectivity index (χ2n) is 5.21. The minimum absolute atomic E-state index is 0.148. The van der Waals surface area contributed by atoms with Crippen molar-refractivity contribution in [3.8, 4) is 0 Å². The van der Waals surface area contributed by atoms with Gasteiger partial charge in [0.15, 0.2) is 0 Å². The molecule has 0 radical (unpaired) electrons. The van der Waals surface area contributed by atoms with Gasteiger partial charge in [0.05, 0.1) is 0 Å². The molecule has 0 aliphatic carbocycles. The Morgan fingerprint density at radius 1 is 1.15 bits per heavy atom. The number of benzene rings is 2. The average Bonchev–Trinajstić information content (AvgIpc) is 2.51. The van der Waals surface area contributed by atoms with E-state index in [1.54, 1.807) is 0 Å². The second kappa shape index (κ2) is 7.00. The summed E-state index contributed by atoms with van der Waals surface area (Å²) in [5, 5.41) is 6.04. The molecule has 3 heteroatoms. The predicted molar refractivity (Wildman–Crippen MR) is 88.5 cm³/mol. The lowest BCUT2D eigenvalue weighted by Gasteiger charge is -2.19. The van der Waals surface area contributed by atoms with Gasteiger partial charge in [-0.1, -0.05) is 50.2 Å². The van der Waals surface area contributed by atoms with Gasteiger partial charge >= 0.3 is 0 Å². The van der Waals surface area contributed by atoms with E-state index in [1.807, 2.05) is 7.05 Å². The third-order valence-corrected chi connectivity index (χ3v) is 5.77. The van der Waals surface area contributed by atoms with Crippen molar-refractivity contribution in [2.75, 3.05) is 12.8 Å². The highest BCUT2D eigenvalue weighted by Gasteiger charge is 2.17. The molecule has 2 nitrogen and oxygen atoms in total. The molecule has 1 N–H and O–H groups in total. The topological polar surface area (TPSA) is 29.1 Å². The molecule has 0 amide bonds. The molecule has 2 aromatic rings. The highest BCUT2D eigenvalue weighted by molar-refractivity contribution is 7.85. The predicted octanol–water partition coefficient (Wildman–Crippen LogP) is 3.65. The third kappa shape index (κ3) is 3.47. The van der Waals surface area contributed by atoms with Crippen molar-refractivity contribution < 1.29 is 4.21 Å². The first-order chi connectivity index (χ1) is 9.65. The van der Waals surface area contributed by atoms with Crippen molar-refractivity contribution in [2.24, 2.45) is 0 Å². The minimum atomic E-state index is -0.791. The fraction of sp³-hybridized carbons (Fsp3) is 0.412. The number of fused-ring (bicyclic) bond motifs is 1. The molecule has 3 atom stereocenters. The summed E-state index contributed by atoms with van der Waals surface area (Å²) in [4.78, 5) is 0. The van der Waals surface area contributed by atoms with Gasteiger partial charge in [-0.3, -0.25) is 4.21 Å². The molecule has 20 heavy (non-hydrogen) atoms. The quantitative estimate of drug-likeness (QED) is 0.879. The maximum absolute atomic E-state index is 12.3. The molecule has 0 aliphatic heterocycles. The molecule has 0 bridgehead atoms. The lowest BCUT2D eigenvalue weighted by molar-refractivity contribution is 0.628. The number of hydrogen-bond donors (Lipinski definition) is 1. The fourth-order valence-electron chi connectivity index (χ4n) is 2.29. The van der Waals surface area contributed by atoms with E-state index in [9.17, 15) is 4.21 Å². The molecule has 0 aliphatic rings. The molecule has 0 heterocycles. The molecule has 2 rings (SSSR count). The summed E-state index contributed by atoms with van der Waals surface area (Å²) < 4.78 is 12.3. The van der Waals surface area contributed by atoms with Crippen LogP contribution in [0, 0.1) is 0 Å². The molecule has 2 aromatic carbocycles. The monoisotopic (exact) mass is 289 g/mol. The summed E-state index contributed by atoms with van der Waals surface area (Å²) in [6.45, 7) is 4.15. The second-order valence-corrected chi connectivity index (χ2v) is 7.11. The normalized spacial score (nSPS) is 15.9. The first-order valence-electron chi connectivity index (χ1n) is 7.18. The molecular weight excluding hydrogens is 266 g/mol. The van der Waals surface area contributed by atoms with Gasteiger partial charge in [-0.15, -0.1) is 0 Å². The van der Waals surface area contributed by atoms with Crippen molar-refractivity contribution in [2.45, 2.75) is 31.6 Å². The van der Waals surface area contributed by atoms with Gasteiger partial charge in [0.1, 0.15) is 0 Å². The van der Waals surface area contributed by atoms with Crippen LogP contribution in [0.1, 0.15) is 31.9 Å². The molecule has 108 valence electrons. The van der Waals surface area contributed by atoms with Crippen LogP contribution in [0.4, 0.5) is 0 Å². The van der Waals surface area contributed by atoms with Crippen molar-refractivity contribution in [1.29, 1.82) is 0 Å². The van der Waals surface area contributed by atoms with Gasteiger partial charge in [-0.2, -0.15) is 0 Å². The average molecular weight is 289 g/mol. The zero-order valence-corrected chi connectivity index (χ0v) is 13.2. The highest BCUT2D eigenvalue weighted by atomic mass is 32.2.